The Labute approximate surface area is 307 Å². The zero-order valence-corrected chi connectivity index (χ0v) is 32.6. The van der Waals surface area contributed by atoms with Crippen LogP contribution in [0, 0.1) is 0 Å². The van der Waals surface area contributed by atoms with Crippen molar-refractivity contribution in [2.24, 2.45) is 0 Å². The first kappa shape index (κ1) is 40.9. The fraction of sp³-hybridized carbons (Fsp3) is 0.412. The molecular formula is C34H50N6O6S4. The summed E-state index contributed by atoms with van der Waals surface area (Å²) in [5.74, 6) is -0.120. The summed E-state index contributed by atoms with van der Waals surface area (Å²) in [5, 5.41) is 10.3. The molecular weight excluding hydrogens is 717 g/mol. The maximum atomic E-state index is 12.5. The Morgan fingerprint density at radius 3 is 1.36 bits per heavy atom. The van der Waals surface area contributed by atoms with Gasteiger partial charge in [0.1, 0.15) is 0 Å². The standard InChI is InChI=1S/C18H25N3O3S2.C16H21N3O3S2.2H2/c1-4-7-8-17(22)20-18-19-16(13-25-18)14-9-11-15(12-10-14)26(23,24)21(5-2)6-3;1-4-15(20)18-16-17-14(11-23-16)12-7-9-13(10-8-12)24(21,22)19(5-2)6-3;;/h9-13H,4-8H2,1-3H3,(H,19,20,22);7-11H,4-6H2,1-3H3,(H,17,18,20);2*1H. The summed E-state index contributed by atoms with van der Waals surface area (Å²) in [6.45, 7) is 12.8. The molecule has 0 atom stereocenters. The number of carbonyl (C=O) groups is 2. The van der Waals surface area contributed by atoms with Gasteiger partial charge >= 0.3 is 0 Å². The van der Waals surface area contributed by atoms with Gasteiger partial charge in [-0.3, -0.25) is 9.59 Å². The summed E-state index contributed by atoms with van der Waals surface area (Å²) >= 11 is 2.70. The van der Waals surface area contributed by atoms with Gasteiger partial charge in [-0.25, -0.2) is 26.8 Å². The molecule has 0 saturated heterocycles. The molecule has 4 rings (SSSR count). The maximum Gasteiger partial charge on any atom is 0.243 e. The number of nitrogens with zero attached hydrogens (tertiary/aromatic N) is 4. The van der Waals surface area contributed by atoms with Gasteiger partial charge in [0.2, 0.25) is 31.9 Å². The van der Waals surface area contributed by atoms with Crippen LogP contribution in [0.1, 0.15) is 70.1 Å². The molecule has 50 heavy (non-hydrogen) atoms. The minimum absolute atomic E-state index is 0. The molecule has 276 valence electrons. The van der Waals surface area contributed by atoms with Gasteiger partial charge in [0.25, 0.3) is 0 Å². The molecule has 2 aromatic heterocycles. The van der Waals surface area contributed by atoms with Crippen molar-refractivity contribution in [1.29, 1.82) is 0 Å². The SMILES string of the molecule is CCC(=O)Nc1nc(-c2ccc(S(=O)(=O)N(CC)CC)cc2)cs1.CCCCC(=O)Nc1nc(-c2ccc(S(=O)(=O)N(CC)CC)cc2)cs1.[HH].[HH]. The second-order valence-electron chi connectivity index (χ2n) is 10.9. The molecule has 0 fully saturated rings. The fourth-order valence-corrected chi connectivity index (χ4v) is 9.06. The highest BCUT2D eigenvalue weighted by molar-refractivity contribution is 7.89. The first-order valence-electron chi connectivity index (χ1n) is 16.6. The molecule has 2 heterocycles. The molecule has 0 radical (unpaired) electrons. The molecule has 0 spiro atoms. The second kappa shape index (κ2) is 19.2. The van der Waals surface area contributed by atoms with Crippen LogP contribution in [0.3, 0.4) is 0 Å². The van der Waals surface area contributed by atoms with Crippen molar-refractivity contribution in [3.63, 3.8) is 0 Å². The number of amides is 2. The summed E-state index contributed by atoms with van der Waals surface area (Å²) in [4.78, 5) is 32.5. The third kappa shape index (κ3) is 10.7. The average Bonchev–Trinajstić information content (AvgIpc) is 3.78. The highest BCUT2D eigenvalue weighted by Gasteiger charge is 2.22. The van der Waals surface area contributed by atoms with Crippen molar-refractivity contribution in [2.75, 3.05) is 36.8 Å². The molecule has 2 N–H and O–H groups in total. The topological polar surface area (TPSA) is 159 Å². The van der Waals surface area contributed by atoms with Gasteiger partial charge in [-0.15, -0.1) is 22.7 Å². The minimum Gasteiger partial charge on any atom is -0.302 e. The number of hydrogen-bond donors (Lipinski definition) is 2. The van der Waals surface area contributed by atoms with Gasteiger partial charge in [-0.05, 0) is 30.7 Å². The maximum absolute atomic E-state index is 12.5. The summed E-state index contributed by atoms with van der Waals surface area (Å²) in [6, 6.07) is 13.3. The predicted octanol–water partition coefficient (Wildman–Crippen LogP) is 7.65. The zero-order valence-electron chi connectivity index (χ0n) is 29.3. The first-order chi connectivity index (χ1) is 23.8. The van der Waals surface area contributed by atoms with Crippen LogP contribution >= 0.6 is 22.7 Å². The Balaban J connectivity index is 0.000000502. The lowest BCUT2D eigenvalue weighted by Crippen LogP contribution is -2.30. The van der Waals surface area contributed by atoms with Crippen LogP contribution in [0.4, 0.5) is 10.3 Å². The van der Waals surface area contributed by atoms with E-state index >= 15 is 0 Å². The molecule has 0 aliphatic heterocycles. The Bertz CT molecular complexity index is 1910. The van der Waals surface area contributed by atoms with Crippen LogP contribution in [0.25, 0.3) is 22.5 Å². The Hall–Kier alpha value is -3.54. The lowest BCUT2D eigenvalue weighted by Gasteiger charge is -2.18. The molecule has 4 aromatic rings. The highest BCUT2D eigenvalue weighted by atomic mass is 32.2. The largest absolute Gasteiger partial charge is 0.302 e. The van der Waals surface area contributed by atoms with Gasteiger partial charge in [0, 0.05) is 63.8 Å². The monoisotopic (exact) mass is 766 g/mol. The van der Waals surface area contributed by atoms with Crippen molar-refractivity contribution in [3.8, 4) is 22.5 Å². The molecule has 0 aliphatic rings. The Morgan fingerprint density at radius 2 is 1.02 bits per heavy atom. The van der Waals surface area contributed by atoms with E-state index in [2.05, 4.69) is 20.6 Å². The molecule has 2 aromatic carbocycles. The summed E-state index contributed by atoms with van der Waals surface area (Å²) in [5.41, 5.74) is 3.04. The summed E-state index contributed by atoms with van der Waals surface area (Å²) in [6.07, 6.45) is 2.71. The smallest absolute Gasteiger partial charge is 0.243 e. The van der Waals surface area contributed by atoms with Crippen molar-refractivity contribution in [2.45, 2.75) is 77.0 Å². The highest BCUT2D eigenvalue weighted by Crippen LogP contribution is 2.28. The normalized spacial score (nSPS) is 11.7. The molecule has 16 heteroatoms. The molecule has 2 amide bonds. The fourth-order valence-electron chi connectivity index (χ4n) is 4.67. The third-order valence-corrected chi connectivity index (χ3v) is 13.2. The van der Waals surface area contributed by atoms with Gasteiger partial charge in [-0.1, -0.05) is 72.2 Å². The van der Waals surface area contributed by atoms with E-state index in [-0.39, 0.29) is 24.5 Å². The van der Waals surface area contributed by atoms with Crippen molar-refractivity contribution in [1.82, 2.24) is 18.6 Å². The first-order valence-corrected chi connectivity index (χ1v) is 21.2. The zero-order chi connectivity index (χ0) is 36.9. The molecule has 0 aliphatic carbocycles. The van der Waals surface area contributed by atoms with Crippen molar-refractivity contribution in [3.05, 3.63) is 59.3 Å². The van der Waals surface area contributed by atoms with Crippen LogP contribution < -0.4 is 10.6 Å². The van der Waals surface area contributed by atoms with E-state index in [0.717, 1.165) is 24.0 Å². The number of unbranched alkanes of at least 4 members (excludes halogenated alkanes) is 1. The van der Waals surface area contributed by atoms with Crippen LogP contribution in [0.2, 0.25) is 0 Å². The lowest BCUT2D eigenvalue weighted by atomic mass is 10.2. The van der Waals surface area contributed by atoms with E-state index in [9.17, 15) is 26.4 Å². The number of carbonyl (C=O) groups excluding carboxylic acids is 2. The van der Waals surface area contributed by atoms with Gasteiger partial charge < -0.3 is 10.6 Å². The summed E-state index contributed by atoms with van der Waals surface area (Å²) < 4.78 is 52.8. The lowest BCUT2D eigenvalue weighted by molar-refractivity contribution is -0.116. The van der Waals surface area contributed by atoms with Crippen LogP contribution in [0.15, 0.2) is 69.1 Å². The molecule has 12 nitrogen and oxygen atoms in total. The summed E-state index contributed by atoms with van der Waals surface area (Å²) in [7, 11) is -6.92. The number of hydrogen-bond acceptors (Lipinski definition) is 10. The third-order valence-electron chi connectivity index (χ3n) is 7.57. The number of benzene rings is 2. The van der Waals surface area contributed by atoms with Gasteiger partial charge in [-0.2, -0.15) is 8.61 Å². The molecule has 0 unspecified atom stereocenters. The van der Waals surface area contributed by atoms with E-state index in [1.54, 1.807) is 55.5 Å². The van der Waals surface area contributed by atoms with E-state index in [1.807, 2.05) is 45.4 Å². The van der Waals surface area contributed by atoms with E-state index < -0.39 is 20.0 Å². The second-order valence-corrected chi connectivity index (χ2v) is 16.4. The van der Waals surface area contributed by atoms with Crippen LogP contribution in [0.5, 0.6) is 0 Å². The van der Waals surface area contributed by atoms with E-state index in [1.165, 1.54) is 31.3 Å². The number of aromatic nitrogens is 2. The Kier molecular flexibility index (Phi) is 15.7. The van der Waals surface area contributed by atoms with Crippen molar-refractivity contribution < 1.29 is 29.3 Å². The minimum atomic E-state index is -3.46. The average molecular weight is 767 g/mol. The predicted molar refractivity (Wildman–Crippen MR) is 207 cm³/mol. The quantitative estimate of drug-likeness (QED) is 0.118. The van der Waals surface area contributed by atoms with Crippen molar-refractivity contribution >= 4 is 64.8 Å². The van der Waals surface area contributed by atoms with E-state index in [0.29, 0.717) is 60.7 Å². The van der Waals surface area contributed by atoms with Gasteiger partial charge in [0.15, 0.2) is 10.3 Å². The number of thiazole rings is 2. The Morgan fingerprint density at radius 1 is 0.640 bits per heavy atom. The molecule has 0 saturated carbocycles. The van der Waals surface area contributed by atoms with Crippen LogP contribution in [-0.2, 0) is 29.6 Å². The number of anilines is 2. The van der Waals surface area contributed by atoms with Crippen LogP contribution in [-0.4, -0.2) is 73.4 Å². The number of nitrogens with one attached hydrogen (secondary N) is 2. The number of rotatable bonds is 16. The molecule has 0 bridgehead atoms. The van der Waals surface area contributed by atoms with E-state index in [4.69, 9.17) is 0 Å². The van der Waals surface area contributed by atoms with Gasteiger partial charge in [0.05, 0.1) is 21.2 Å². The number of sulfonamides is 2.